The third kappa shape index (κ3) is 5.71. The van der Waals surface area contributed by atoms with Gasteiger partial charge in [0.25, 0.3) is 0 Å². The molecule has 0 aliphatic rings. The topological polar surface area (TPSA) is 81.4 Å². The Labute approximate surface area is 192 Å². The first kappa shape index (κ1) is 21.5. The van der Waals surface area contributed by atoms with Crippen molar-refractivity contribution in [3.05, 3.63) is 132 Å². The highest BCUT2D eigenvalue weighted by atomic mass is 16.4. The van der Waals surface area contributed by atoms with Crippen LogP contribution >= 0.6 is 0 Å². The van der Waals surface area contributed by atoms with Crippen molar-refractivity contribution < 1.29 is 5.21 Å². The summed E-state index contributed by atoms with van der Waals surface area (Å²) in [6.07, 6.45) is 0. The van der Waals surface area contributed by atoms with E-state index in [4.69, 9.17) is 0 Å². The van der Waals surface area contributed by atoms with Gasteiger partial charge in [0, 0.05) is 11.1 Å². The molecule has 0 amide bonds. The Hall–Kier alpha value is -4.71. The molecule has 0 atom stereocenters. The molecule has 4 rings (SSSR count). The first-order chi connectivity index (χ1) is 16.3. The van der Waals surface area contributed by atoms with Crippen LogP contribution in [-0.2, 0) is 0 Å². The van der Waals surface area contributed by atoms with Crippen molar-refractivity contribution in [2.75, 3.05) is 10.9 Å². The molecular weight excluding hydrogens is 410 g/mol. The molecule has 3 N–H and O–H groups in total. The van der Waals surface area contributed by atoms with Gasteiger partial charge in [-0.2, -0.15) is 10.2 Å². The molecule has 4 aromatic rings. The first-order valence-corrected chi connectivity index (χ1v) is 10.5. The van der Waals surface area contributed by atoms with Gasteiger partial charge in [0.15, 0.2) is 5.71 Å². The summed E-state index contributed by atoms with van der Waals surface area (Å²) < 4.78 is 0. The second kappa shape index (κ2) is 11.1. The minimum absolute atomic E-state index is 0.222. The van der Waals surface area contributed by atoms with Crippen LogP contribution in [0.4, 0.5) is 11.4 Å². The van der Waals surface area contributed by atoms with E-state index in [1.807, 2.05) is 121 Å². The second-order valence-electron chi connectivity index (χ2n) is 7.06. The lowest BCUT2D eigenvalue weighted by Crippen LogP contribution is -2.28. The second-order valence-corrected chi connectivity index (χ2v) is 7.06. The molecule has 0 aromatic heterocycles. The zero-order chi connectivity index (χ0) is 22.7. The molecule has 6 nitrogen and oxygen atoms in total. The van der Waals surface area contributed by atoms with E-state index >= 15 is 0 Å². The van der Waals surface area contributed by atoms with Crippen LogP contribution < -0.4 is 10.9 Å². The molecular formula is C27H23N5O. The van der Waals surface area contributed by atoms with Gasteiger partial charge in [-0.1, -0.05) is 102 Å². The van der Waals surface area contributed by atoms with E-state index < -0.39 is 0 Å². The Morgan fingerprint density at radius 1 is 0.485 bits per heavy atom. The Bertz CT molecular complexity index is 1140. The first-order valence-electron chi connectivity index (χ1n) is 10.5. The standard InChI is InChI=1S/C27H23N5O/c33-32-27(25(21-13-5-1-6-14-21)30-28-23-17-9-3-10-18-23)26(22-15-7-2-8-16-22)31-29-24-19-11-4-12-20-24/h1-20,28-29,33H/b30-25+,31-26+. The molecule has 0 bridgehead atoms. The molecule has 0 spiro atoms. The number of rotatable bonds is 8. The maximum atomic E-state index is 10.2. The average molecular weight is 434 g/mol. The average Bonchev–Trinajstić information content (AvgIpc) is 2.90. The van der Waals surface area contributed by atoms with Gasteiger partial charge >= 0.3 is 0 Å². The van der Waals surface area contributed by atoms with Gasteiger partial charge in [-0.15, -0.1) is 0 Å². The summed E-state index contributed by atoms with van der Waals surface area (Å²) in [6.45, 7) is 0. The number of hydrogen-bond donors (Lipinski definition) is 3. The lowest BCUT2D eigenvalue weighted by atomic mass is 9.98. The lowest BCUT2D eigenvalue weighted by molar-refractivity contribution is 0.321. The van der Waals surface area contributed by atoms with Crippen LogP contribution in [0, 0.1) is 0 Å². The van der Waals surface area contributed by atoms with Gasteiger partial charge in [-0.25, -0.2) is 0 Å². The van der Waals surface area contributed by atoms with Crippen molar-refractivity contribution in [3.63, 3.8) is 0 Å². The van der Waals surface area contributed by atoms with Crippen LogP contribution in [0.25, 0.3) is 0 Å². The van der Waals surface area contributed by atoms with E-state index in [2.05, 4.69) is 26.2 Å². The molecule has 0 radical (unpaired) electrons. The zero-order valence-electron chi connectivity index (χ0n) is 17.8. The van der Waals surface area contributed by atoms with Crippen molar-refractivity contribution in [1.82, 2.24) is 0 Å². The van der Waals surface area contributed by atoms with Crippen molar-refractivity contribution in [3.8, 4) is 0 Å². The minimum Gasteiger partial charge on any atom is -0.410 e. The Balaban J connectivity index is 1.79. The number of nitrogens with zero attached hydrogens (tertiary/aromatic N) is 3. The number of hydrogen-bond acceptors (Lipinski definition) is 6. The van der Waals surface area contributed by atoms with E-state index in [1.165, 1.54) is 0 Å². The normalized spacial score (nSPS) is 11.5. The number of oxime groups is 1. The van der Waals surface area contributed by atoms with E-state index in [1.54, 1.807) is 0 Å². The summed E-state index contributed by atoms with van der Waals surface area (Å²) in [5.74, 6) is 0. The molecule has 162 valence electrons. The summed E-state index contributed by atoms with van der Waals surface area (Å²) in [4.78, 5) is 0. The molecule has 0 saturated heterocycles. The van der Waals surface area contributed by atoms with Gasteiger partial charge in [0.1, 0.15) is 11.4 Å². The predicted octanol–water partition coefficient (Wildman–Crippen LogP) is 5.85. The fraction of sp³-hybridized carbons (Fsp3) is 0. The quantitative estimate of drug-likeness (QED) is 0.185. The van der Waals surface area contributed by atoms with Crippen molar-refractivity contribution in [2.45, 2.75) is 0 Å². The monoisotopic (exact) mass is 433 g/mol. The summed E-state index contributed by atoms with van der Waals surface area (Å²) in [5.41, 5.74) is 10.4. The summed E-state index contributed by atoms with van der Waals surface area (Å²) >= 11 is 0. The maximum Gasteiger partial charge on any atom is 0.158 e. The third-order valence-corrected chi connectivity index (χ3v) is 4.78. The Morgan fingerprint density at radius 2 is 0.818 bits per heavy atom. The molecule has 0 unspecified atom stereocenters. The van der Waals surface area contributed by atoms with Gasteiger partial charge in [-0.05, 0) is 24.3 Å². The van der Waals surface area contributed by atoms with Crippen molar-refractivity contribution >= 4 is 28.5 Å². The molecule has 33 heavy (non-hydrogen) atoms. The highest BCUT2D eigenvalue weighted by Crippen LogP contribution is 2.13. The zero-order valence-corrected chi connectivity index (χ0v) is 17.8. The van der Waals surface area contributed by atoms with Gasteiger partial charge in [0.2, 0.25) is 0 Å². The maximum absolute atomic E-state index is 10.2. The molecule has 0 heterocycles. The lowest BCUT2D eigenvalue weighted by Gasteiger charge is -2.13. The molecule has 0 aliphatic heterocycles. The van der Waals surface area contributed by atoms with Crippen molar-refractivity contribution in [1.29, 1.82) is 0 Å². The number of benzene rings is 4. The number of anilines is 2. The van der Waals surface area contributed by atoms with Crippen LogP contribution in [0.2, 0.25) is 0 Å². The molecule has 0 saturated carbocycles. The smallest absolute Gasteiger partial charge is 0.158 e. The Kier molecular flexibility index (Phi) is 7.21. The van der Waals surface area contributed by atoms with Gasteiger partial charge in [-0.3, -0.25) is 10.9 Å². The van der Waals surface area contributed by atoms with E-state index in [9.17, 15) is 5.21 Å². The molecule has 4 aromatic carbocycles. The van der Waals surface area contributed by atoms with Crippen molar-refractivity contribution in [2.24, 2.45) is 15.4 Å². The third-order valence-electron chi connectivity index (χ3n) is 4.78. The van der Waals surface area contributed by atoms with Crippen LogP contribution in [0.15, 0.2) is 137 Å². The highest BCUT2D eigenvalue weighted by Gasteiger charge is 2.21. The summed E-state index contributed by atoms with van der Waals surface area (Å²) in [6, 6.07) is 38.3. The molecule has 6 heteroatoms. The molecule has 0 aliphatic carbocycles. The van der Waals surface area contributed by atoms with Crippen LogP contribution in [0.3, 0.4) is 0 Å². The van der Waals surface area contributed by atoms with E-state index in [0.717, 1.165) is 22.5 Å². The highest BCUT2D eigenvalue weighted by molar-refractivity contribution is 6.74. The van der Waals surface area contributed by atoms with Crippen LogP contribution in [0.5, 0.6) is 0 Å². The molecule has 0 fully saturated rings. The summed E-state index contributed by atoms with van der Waals surface area (Å²) in [5, 5.41) is 23.0. The SMILES string of the molecule is ON=C(/C(=N/Nc1ccccc1)c1ccccc1)/C(=N/Nc1ccccc1)c1ccccc1. The van der Waals surface area contributed by atoms with Gasteiger partial charge < -0.3 is 5.21 Å². The fourth-order valence-electron chi connectivity index (χ4n) is 3.17. The summed E-state index contributed by atoms with van der Waals surface area (Å²) in [7, 11) is 0. The van der Waals surface area contributed by atoms with E-state index in [0.29, 0.717) is 11.4 Å². The Morgan fingerprint density at radius 3 is 1.15 bits per heavy atom. The number of para-hydroxylation sites is 2. The van der Waals surface area contributed by atoms with Crippen LogP contribution in [0.1, 0.15) is 11.1 Å². The van der Waals surface area contributed by atoms with Crippen LogP contribution in [-0.4, -0.2) is 22.3 Å². The number of nitrogens with one attached hydrogen (secondary N) is 2. The number of hydrazone groups is 2. The predicted molar refractivity (Wildman–Crippen MR) is 135 cm³/mol. The minimum atomic E-state index is 0.222. The largest absolute Gasteiger partial charge is 0.410 e. The van der Waals surface area contributed by atoms with E-state index in [-0.39, 0.29) is 5.71 Å². The fourth-order valence-corrected chi connectivity index (χ4v) is 3.17. The van der Waals surface area contributed by atoms with Gasteiger partial charge in [0.05, 0.1) is 11.4 Å².